The van der Waals surface area contributed by atoms with Gasteiger partial charge in [0.05, 0.1) is 19.4 Å². The van der Waals surface area contributed by atoms with Crippen LogP contribution in [0, 0.1) is 62.1 Å². The van der Waals surface area contributed by atoms with Crippen molar-refractivity contribution >= 4 is 11.9 Å². The van der Waals surface area contributed by atoms with Crippen molar-refractivity contribution < 1.29 is 24.2 Å². The van der Waals surface area contributed by atoms with E-state index in [1.54, 1.807) is 7.11 Å². The van der Waals surface area contributed by atoms with Crippen LogP contribution in [0.1, 0.15) is 139 Å². The van der Waals surface area contributed by atoms with E-state index in [1.807, 2.05) is 13.8 Å². The van der Waals surface area contributed by atoms with Crippen molar-refractivity contribution in [1.82, 2.24) is 4.90 Å². The Bertz CT molecular complexity index is 1230. The number of carboxylic acid groups (broad SMARTS) is 1. The van der Waals surface area contributed by atoms with Crippen LogP contribution in [-0.4, -0.2) is 61.9 Å². The maximum absolute atomic E-state index is 13.2. The van der Waals surface area contributed by atoms with Crippen LogP contribution in [0.2, 0.25) is 0 Å². The van der Waals surface area contributed by atoms with Crippen molar-refractivity contribution in [3.05, 3.63) is 12.2 Å². The summed E-state index contributed by atoms with van der Waals surface area (Å²) in [5.74, 6) is 2.21. The molecule has 0 aromatic heterocycles. The van der Waals surface area contributed by atoms with Crippen molar-refractivity contribution in [1.29, 1.82) is 0 Å². The molecule has 1 N–H and O–H groups in total. The highest BCUT2D eigenvalue weighted by Crippen LogP contribution is 2.78. The summed E-state index contributed by atoms with van der Waals surface area (Å²) < 4.78 is 11.7. The molecule has 5 aliphatic rings. The monoisotopic (exact) mass is 670 g/mol. The molecule has 0 radical (unpaired) electrons. The smallest absolute Gasteiger partial charge is 0.306 e. The number of rotatable bonds is 12. The molecule has 6 heteroatoms. The molecule has 0 heterocycles. The van der Waals surface area contributed by atoms with Gasteiger partial charge in [-0.2, -0.15) is 0 Å². The summed E-state index contributed by atoms with van der Waals surface area (Å²) in [4.78, 5) is 27.1. The number of carbonyl (C=O) groups is 2. The Kier molecular flexibility index (Phi) is 10.5. The Morgan fingerprint density at radius 3 is 2.23 bits per heavy atom. The lowest BCUT2D eigenvalue weighted by Gasteiger charge is -2.73. The minimum absolute atomic E-state index is 0.0303. The molecule has 0 aliphatic heterocycles. The number of hydrogen-bond donors (Lipinski definition) is 1. The van der Waals surface area contributed by atoms with E-state index >= 15 is 0 Å². The molecule has 0 saturated heterocycles. The zero-order chi connectivity index (χ0) is 35.5. The van der Waals surface area contributed by atoms with Crippen molar-refractivity contribution in [2.75, 3.05) is 33.9 Å². The molecular weight excluding hydrogens is 598 g/mol. The molecule has 5 rings (SSSR count). The van der Waals surface area contributed by atoms with E-state index in [2.05, 4.69) is 60.1 Å². The Hall–Kier alpha value is -1.40. The first kappa shape index (κ1) is 37.8. The van der Waals surface area contributed by atoms with Crippen LogP contribution in [0.4, 0.5) is 0 Å². The third-order valence-electron chi connectivity index (χ3n) is 16.4. The topological polar surface area (TPSA) is 76.1 Å². The molecule has 5 fully saturated rings. The summed E-state index contributed by atoms with van der Waals surface area (Å²) in [5.41, 5.74) is 1.96. The fraction of sp³-hybridized carbons (Fsp3) is 0.905. The number of fused-ring (bicyclic) bond motifs is 7. The van der Waals surface area contributed by atoms with Gasteiger partial charge in [0.15, 0.2) is 0 Å². The number of carboxylic acids is 1. The van der Waals surface area contributed by atoms with Crippen LogP contribution in [0.15, 0.2) is 12.2 Å². The Morgan fingerprint density at radius 2 is 1.58 bits per heavy atom. The zero-order valence-corrected chi connectivity index (χ0v) is 32.5. The summed E-state index contributed by atoms with van der Waals surface area (Å²) >= 11 is 0. The highest BCUT2D eigenvalue weighted by Gasteiger charge is 2.71. The van der Waals surface area contributed by atoms with Gasteiger partial charge in [0, 0.05) is 19.1 Å². The van der Waals surface area contributed by atoms with Gasteiger partial charge in [-0.25, -0.2) is 0 Å². The van der Waals surface area contributed by atoms with Gasteiger partial charge in [-0.15, -0.1) is 0 Å². The van der Waals surface area contributed by atoms with Gasteiger partial charge in [0.2, 0.25) is 0 Å². The fourth-order valence-corrected chi connectivity index (χ4v) is 13.7. The Morgan fingerprint density at radius 1 is 0.875 bits per heavy atom. The van der Waals surface area contributed by atoms with Gasteiger partial charge in [0.1, 0.15) is 6.10 Å². The molecule has 5 aliphatic carbocycles. The lowest BCUT2D eigenvalue weighted by atomic mass is 9.32. The second kappa shape index (κ2) is 13.3. The van der Waals surface area contributed by atoms with Crippen molar-refractivity contribution in [2.24, 2.45) is 62.1 Å². The van der Waals surface area contributed by atoms with E-state index in [0.29, 0.717) is 34.0 Å². The number of ether oxygens (including phenoxy) is 2. The first-order chi connectivity index (χ1) is 22.3. The predicted octanol–water partition coefficient (Wildman–Crippen LogP) is 9.42. The summed E-state index contributed by atoms with van der Waals surface area (Å²) in [7, 11) is 4.07. The Balaban J connectivity index is 1.37. The van der Waals surface area contributed by atoms with E-state index in [0.717, 1.165) is 44.4 Å². The minimum Gasteiger partial charge on any atom is -0.481 e. The van der Waals surface area contributed by atoms with Gasteiger partial charge in [-0.05, 0) is 148 Å². The van der Waals surface area contributed by atoms with Gasteiger partial charge in [-0.3, -0.25) is 9.59 Å². The summed E-state index contributed by atoms with van der Waals surface area (Å²) in [5, 5.41) is 9.33. The first-order valence-corrected chi connectivity index (χ1v) is 19.5. The average molecular weight is 670 g/mol. The normalized spacial score (nSPS) is 41.9. The quantitative estimate of drug-likeness (QED) is 0.165. The minimum atomic E-state index is -0.868. The molecule has 48 heavy (non-hydrogen) atoms. The SMILES string of the molecule is C=C(C)[C@@H]1CC[C@]2(CCN(C)CCOC)CC[C@]3(C)[C@H](CC[C@@H]4[C@@]5(C)CC[C@H](OC(=O)CC(C)(C)CC(=O)O)C(C)(C)[C@@H]5CC[C@]43C)[C@@H]12. The second-order valence-corrected chi connectivity index (χ2v) is 19.8. The molecule has 0 unspecified atom stereocenters. The predicted molar refractivity (Wildman–Crippen MR) is 193 cm³/mol. The number of aliphatic carboxylic acids is 1. The van der Waals surface area contributed by atoms with Crippen molar-refractivity contribution in [3.8, 4) is 0 Å². The molecule has 0 spiro atoms. The van der Waals surface area contributed by atoms with Crippen LogP contribution < -0.4 is 0 Å². The molecule has 274 valence electrons. The van der Waals surface area contributed by atoms with Crippen LogP contribution in [0.5, 0.6) is 0 Å². The molecule has 10 atom stereocenters. The third kappa shape index (κ3) is 6.34. The first-order valence-electron chi connectivity index (χ1n) is 19.5. The second-order valence-electron chi connectivity index (χ2n) is 19.8. The molecule has 0 amide bonds. The summed E-state index contributed by atoms with van der Waals surface area (Å²) in [6, 6.07) is 0. The number of carbonyl (C=O) groups excluding carboxylic acids is 1. The number of esters is 1. The van der Waals surface area contributed by atoms with E-state index in [9.17, 15) is 14.7 Å². The van der Waals surface area contributed by atoms with Gasteiger partial charge < -0.3 is 19.5 Å². The maximum Gasteiger partial charge on any atom is 0.306 e. The molecule has 6 nitrogen and oxygen atoms in total. The third-order valence-corrected chi connectivity index (χ3v) is 16.4. The van der Waals surface area contributed by atoms with Gasteiger partial charge in [0.25, 0.3) is 0 Å². The van der Waals surface area contributed by atoms with E-state index in [1.165, 1.54) is 63.4 Å². The number of hydrogen-bond acceptors (Lipinski definition) is 5. The van der Waals surface area contributed by atoms with Crippen molar-refractivity contribution in [2.45, 2.75) is 145 Å². The molecule has 0 aromatic rings. The molecule has 5 saturated carbocycles. The van der Waals surface area contributed by atoms with Crippen LogP contribution in [0.25, 0.3) is 0 Å². The lowest BCUT2D eigenvalue weighted by molar-refractivity contribution is -0.250. The number of likely N-dealkylation sites (N-methyl/N-ethyl adjacent to an activating group) is 1. The summed E-state index contributed by atoms with van der Waals surface area (Å²) in [6.45, 7) is 26.4. The lowest BCUT2D eigenvalue weighted by Crippen LogP contribution is -2.66. The van der Waals surface area contributed by atoms with Gasteiger partial charge in [-0.1, -0.05) is 60.6 Å². The van der Waals surface area contributed by atoms with E-state index < -0.39 is 11.4 Å². The molecule has 0 aromatic carbocycles. The molecule has 0 bridgehead atoms. The van der Waals surface area contributed by atoms with Crippen LogP contribution in [0.3, 0.4) is 0 Å². The van der Waals surface area contributed by atoms with Crippen LogP contribution >= 0.6 is 0 Å². The Labute approximate surface area is 293 Å². The van der Waals surface area contributed by atoms with Crippen molar-refractivity contribution in [3.63, 3.8) is 0 Å². The maximum atomic E-state index is 13.2. The number of nitrogens with zero attached hydrogens (tertiary/aromatic N) is 1. The highest BCUT2D eigenvalue weighted by molar-refractivity contribution is 5.73. The van der Waals surface area contributed by atoms with Crippen LogP contribution in [-0.2, 0) is 19.1 Å². The standard InChI is InChI=1S/C42H71NO5/c1-28(2)29-14-19-42(22-23-43(10)24-25-47-11)21-20-40(8)30(36(29)42)12-13-32-39(7)17-16-33(38(5,6)31(39)15-18-41(32,40)9)48-35(46)27-37(3,4)26-34(44)45/h29-33,36H,1,12-27H2,2-11H3,(H,44,45)/t29-,30+,31-,32+,33-,36+,39-,40+,41+,42+/m0/s1. The highest BCUT2D eigenvalue weighted by atomic mass is 16.5. The zero-order valence-electron chi connectivity index (χ0n) is 32.5. The number of allylic oxidation sites excluding steroid dienone is 1. The largest absolute Gasteiger partial charge is 0.481 e. The molecular formula is C42H71NO5. The summed E-state index contributed by atoms with van der Waals surface area (Å²) in [6.07, 6.45) is 13.8. The van der Waals surface area contributed by atoms with Gasteiger partial charge >= 0.3 is 11.9 Å². The van der Waals surface area contributed by atoms with E-state index in [-0.39, 0.29) is 35.7 Å². The van der Waals surface area contributed by atoms with E-state index in [4.69, 9.17) is 9.47 Å². The average Bonchev–Trinajstić information content (AvgIpc) is 3.36. The number of methoxy groups -OCH3 is 1. The fourth-order valence-electron chi connectivity index (χ4n) is 13.7.